The van der Waals surface area contributed by atoms with Crippen LogP contribution >= 0.6 is 11.6 Å². The number of hydrogen-bond acceptors (Lipinski definition) is 6. The van der Waals surface area contributed by atoms with Crippen molar-refractivity contribution < 1.29 is 19.1 Å². The molecule has 8 nitrogen and oxygen atoms in total. The van der Waals surface area contributed by atoms with Crippen molar-refractivity contribution in [2.75, 3.05) is 38.7 Å². The molecule has 0 unspecified atom stereocenters. The van der Waals surface area contributed by atoms with Crippen LogP contribution in [0.5, 0.6) is 5.75 Å². The Hall–Kier alpha value is -2.58. The van der Waals surface area contributed by atoms with Crippen LogP contribution in [0, 0.1) is 0 Å². The molecule has 1 heterocycles. The summed E-state index contributed by atoms with van der Waals surface area (Å²) in [5.74, 6) is 0.279. The molecule has 0 spiro atoms. The Labute approximate surface area is 169 Å². The Morgan fingerprint density at radius 1 is 1.36 bits per heavy atom. The van der Waals surface area contributed by atoms with Crippen molar-refractivity contribution in [3.8, 4) is 5.75 Å². The number of amides is 1. The minimum Gasteiger partial charge on any atom is -0.493 e. The quantitative estimate of drug-likeness (QED) is 0.480. The van der Waals surface area contributed by atoms with Crippen LogP contribution < -0.4 is 10.1 Å². The molecule has 0 radical (unpaired) electrons. The van der Waals surface area contributed by atoms with E-state index in [0.717, 1.165) is 12.2 Å². The van der Waals surface area contributed by atoms with Crippen molar-refractivity contribution in [1.82, 2.24) is 14.7 Å². The zero-order valence-electron chi connectivity index (χ0n) is 16.3. The molecule has 0 bridgehead atoms. The summed E-state index contributed by atoms with van der Waals surface area (Å²) >= 11 is 5.92. The Morgan fingerprint density at radius 2 is 2.14 bits per heavy atom. The van der Waals surface area contributed by atoms with Crippen molar-refractivity contribution in [2.24, 2.45) is 7.05 Å². The number of carbonyl (C=O) groups is 2. The fraction of sp³-hybridized carbons (Fsp3) is 0.421. The largest absolute Gasteiger partial charge is 0.493 e. The maximum Gasteiger partial charge on any atom is 0.343 e. The summed E-state index contributed by atoms with van der Waals surface area (Å²) in [5.41, 5.74) is 0.232. The highest BCUT2D eigenvalue weighted by Crippen LogP contribution is 2.17. The molecule has 152 valence electrons. The zero-order chi connectivity index (χ0) is 20.5. The zero-order valence-corrected chi connectivity index (χ0v) is 17.0. The molecule has 28 heavy (non-hydrogen) atoms. The molecule has 1 amide bonds. The molecular formula is C19H25ClN4O4. The second-order valence-corrected chi connectivity index (χ2v) is 6.63. The lowest BCUT2D eigenvalue weighted by atomic mass is 10.3. The van der Waals surface area contributed by atoms with Gasteiger partial charge >= 0.3 is 5.97 Å². The van der Waals surface area contributed by atoms with Gasteiger partial charge in [0.15, 0.2) is 0 Å². The van der Waals surface area contributed by atoms with Gasteiger partial charge in [0.25, 0.3) is 0 Å². The van der Waals surface area contributed by atoms with E-state index in [-0.39, 0.29) is 24.6 Å². The Morgan fingerprint density at radius 3 is 2.86 bits per heavy atom. The number of anilines is 1. The van der Waals surface area contributed by atoms with E-state index in [1.54, 1.807) is 26.1 Å². The first-order chi connectivity index (χ1) is 13.4. The first-order valence-corrected chi connectivity index (χ1v) is 9.34. The monoisotopic (exact) mass is 408 g/mol. The molecule has 0 aliphatic rings. The molecule has 9 heteroatoms. The molecule has 0 aliphatic carbocycles. The van der Waals surface area contributed by atoms with Crippen LogP contribution in [0.25, 0.3) is 0 Å². The molecule has 0 saturated heterocycles. The number of nitrogens with one attached hydrogen (secondary N) is 1. The van der Waals surface area contributed by atoms with E-state index >= 15 is 0 Å². The van der Waals surface area contributed by atoms with Crippen LogP contribution in [0.4, 0.5) is 5.82 Å². The number of likely N-dealkylation sites (N-methyl/N-ethyl adjacent to an activating group) is 1. The fourth-order valence-corrected chi connectivity index (χ4v) is 2.70. The van der Waals surface area contributed by atoms with Crippen molar-refractivity contribution in [3.63, 3.8) is 0 Å². The average Bonchev–Trinajstić information content (AvgIpc) is 2.99. The van der Waals surface area contributed by atoms with Gasteiger partial charge < -0.3 is 14.8 Å². The maximum atomic E-state index is 12.3. The second-order valence-electron chi connectivity index (χ2n) is 6.20. The Bertz CT molecular complexity index is 809. The van der Waals surface area contributed by atoms with Gasteiger partial charge in [-0.2, -0.15) is 5.10 Å². The molecule has 0 atom stereocenters. The first-order valence-electron chi connectivity index (χ1n) is 8.96. The van der Waals surface area contributed by atoms with Gasteiger partial charge in [-0.15, -0.1) is 0 Å². The van der Waals surface area contributed by atoms with Crippen molar-refractivity contribution in [1.29, 1.82) is 0 Å². The lowest BCUT2D eigenvalue weighted by molar-refractivity contribution is -0.117. The van der Waals surface area contributed by atoms with Gasteiger partial charge in [-0.1, -0.05) is 17.7 Å². The van der Waals surface area contributed by atoms with Crippen LogP contribution in [0.15, 0.2) is 30.5 Å². The van der Waals surface area contributed by atoms with Gasteiger partial charge in [0.05, 0.1) is 26.0 Å². The van der Waals surface area contributed by atoms with Gasteiger partial charge in [0.2, 0.25) is 5.91 Å². The number of halogens is 1. The van der Waals surface area contributed by atoms with Crippen molar-refractivity contribution in [2.45, 2.75) is 13.3 Å². The number of benzene rings is 1. The number of hydrogen-bond donors (Lipinski definition) is 1. The Balaban J connectivity index is 1.77. The molecule has 1 aromatic carbocycles. The standard InChI is InChI=1S/C19H25ClN4O4/c1-4-27-19(26)16-12-21-24(3)18(16)22-17(25)13-23(2)9-6-10-28-15-8-5-7-14(20)11-15/h5,7-8,11-12H,4,6,9-10,13H2,1-3H3,(H,22,25). The van der Waals surface area contributed by atoms with E-state index in [9.17, 15) is 9.59 Å². The van der Waals surface area contributed by atoms with E-state index in [1.807, 2.05) is 24.1 Å². The van der Waals surface area contributed by atoms with E-state index in [0.29, 0.717) is 24.0 Å². The summed E-state index contributed by atoms with van der Waals surface area (Å²) in [5, 5.41) is 7.36. The van der Waals surface area contributed by atoms with Crippen LogP contribution in [-0.2, 0) is 16.6 Å². The normalized spacial score (nSPS) is 10.8. The third-order valence-electron chi connectivity index (χ3n) is 3.85. The lowest BCUT2D eigenvalue weighted by Crippen LogP contribution is -2.32. The maximum absolute atomic E-state index is 12.3. The highest BCUT2D eigenvalue weighted by molar-refractivity contribution is 6.30. The number of rotatable bonds is 10. The van der Waals surface area contributed by atoms with Gasteiger partial charge in [-0.05, 0) is 38.6 Å². The fourth-order valence-electron chi connectivity index (χ4n) is 2.52. The first kappa shape index (κ1) is 21.7. The van der Waals surface area contributed by atoms with Crippen molar-refractivity contribution in [3.05, 3.63) is 41.0 Å². The molecule has 0 saturated carbocycles. The molecule has 0 aliphatic heterocycles. The van der Waals surface area contributed by atoms with Gasteiger partial charge in [0.1, 0.15) is 17.1 Å². The third-order valence-corrected chi connectivity index (χ3v) is 4.09. The predicted molar refractivity (Wildman–Crippen MR) is 107 cm³/mol. The van der Waals surface area contributed by atoms with Crippen molar-refractivity contribution >= 4 is 29.3 Å². The topological polar surface area (TPSA) is 85.7 Å². The summed E-state index contributed by atoms with van der Waals surface area (Å²) in [6, 6.07) is 7.22. The highest BCUT2D eigenvalue weighted by atomic mass is 35.5. The minimum absolute atomic E-state index is 0.171. The number of aromatic nitrogens is 2. The van der Waals surface area contributed by atoms with Crippen LogP contribution in [0.2, 0.25) is 5.02 Å². The SMILES string of the molecule is CCOC(=O)c1cnn(C)c1NC(=O)CN(C)CCCOc1cccc(Cl)c1. The van der Waals surface area contributed by atoms with E-state index < -0.39 is 5.97 Å². The minimum atomic E-state index is -0.516. The number of aryl methyl sites for hydroxylation is 1. The Kier molecular flexibility index (Phi) is 8.28. The molecule has 1 N–H and O–H groups in total. The lowest BCUT2D eigenvalue weighted by Gasteiger charge is -2.17. The average molecular weight is 409 g/mol. The third kappa shape index (κ3) is 6.54. The van der Waals surface area contributed by atoms with Gasteiger partial charge in [0, 0.05) is 18.6 Å². The summed E-state index contributed by atoms with van der Waals surface area (Å²) in [6.45, 7) is 3.33. The van der Waals surface area contributed by atoms with E-state index in [1.165, 1.54) is 10.9 Å². The predicted octanol–water partition coefficient (Wildman–Crippen LogP) is 2.59. The molecule has 2 aromatic rings. The summed E-state index contributed by atoms with van der Waals surface area (Å²) in [7, 11) is 3.49. The summed E-state index contributed by atoms with van der Waals surface area (Å²) < 4.78 is 12.0. The van der Waals surface area contributed by atoms with Crippen LogP contribution in [0.1, 0.15) is 23.7 Å². The van der Waals surface area contributed by atoms with Gasteiger partial charge in [-0.3, -0.25) is 14.4 Å². The smallest absolute Gasteiger partial charge is 0.343 e. The number of nitrogens with zero attached hydrogens (tertiary/aromatic N) is 3. The molecule has 1 aromatic heterocycles. The van der Waals surface area contributed by atoms with Gasteiger partial charge in [-0.25, -0.2) is 4.79 Å². The van der Waals surface area contributed by atoms with E-state index in [2.05, 4.69) is 10.4 Å². The summed E-state index contributed by atoms with van der Waals surface area (Å²) in [4.78, 5) is 26.1. The molecule has 0 fully saturated rings. The second kappa shape index (κ2) is 10.7. The van der Waals surface area contributed by atoms with Crippen LogP contribution in [-0.4, -0.2) is 59.9 Å². The number of ether oxygens (including phenoxy) is 2. The number of esters is 1. The molecular weight excluding hydrogens is 384 g/mol. The molecule has 2 rings (SSSR count). The van der Waals surface area contributed by atoms with E-state index in [4.69, 9.17) is 21.1 Å². The number of carbonyl (C=O) groups excluding carboxylic acids is 2. The van der Waals surface area contributed by atoms with Crippen LogP contribution in [0.3, 0.4) is 0 Å². The highest BCUT2D eigenvalue weighted by Gasteiger charge is 2.19. The summed E-state index contributed by atoms with van der Waals surface area (Å²) in [6.07, 6.45) is 2.13.